The summed E-state index contributed by atoms with van der Waals surface area (Å²) in [6.45, 7) is 2.72. The highest BCUT2D eigenvalue weighted by molar-refractivity contribution is 9.10. The number of carbonyl (C=O) groups excluding carboxylic acids is 2. The van der Waals surface area contributed by atoms with Crippen LogP contribution in [0.4, 0.5) is 4.39 Å². The van der Waals surface area contributed by atoms with Gasteiger partial charge in [-0.15, -0.1) is 0 Å². The zero-order valence-electron chi connectivity index (χ0n) is 10.0. The Morgan fingerprint density at radius 1 is 1.39 bits per heavy atom. The predicted octanol–water partition coefficient (Wildman–Crippen LogP) is 3.16. The van der Waals surface area contributed by atoms with E-state index in [9.17, 15) is 14.0 Å². The zero-order valence-corrected chi connectivity index (χ0v) is 11.6. The maximum atomic E-state index is 13.0. The van der Waals surface area contributed by atoms with E-state index >= 15 is 0 Å². The molecule has 0 unspecified atom stereocenters. The van der Waals surface area contributed by atoms with Gasteiger partial charge < -0.3 is 4.74 Å². The Balaban J connectivity index is 2.54. The van der Waals surface area contributed by atoms with Crippen LogP contribution in [-0.4, -0.2) is 24.8 Å². The van der Waals surface area contributed by atoms with E-state index in [4.69, 9.17) is 4.74 Å². The van der Waals surface area contributed by atoms with Crippen molar-refractivity contribution in [2.75, 3.05) is 13.2 Å². The molecule has 18 heavy (non-hydrogen) atoms. The van der Waals surface area contributed by atoms with Gasteiger partial charge in [0.25, 0.3) is 0 Å². The van der Waals surface area contributed by atoms with Crippen molar-refractivity contribution in [1.82, 2.24) is 0 Å². The lowest BCUT2D eigenvalue weighted by Gasteiger charge is -2.03. The van der Waals surface area contributed by atoms with Crippen LogP contribution in [0.2, 0.25) is 0 Å². The van der Waals surface area contributed by atoms with Gasteiger partial charge in [-0.2, -0.15) is 0 Å². The lowest BCUT2D eigenvalue weighted by molar-refractivity contribution is -0.119. The minimum atomic E-state index is -0.436. The SMILES string of the molecule is CCOCCC(=O)CC(=O)c1ccc(F)c(Br)c1. The minimum absolute atomic E-state index is 0.172. The molecule has 0 N–H and O–H groups in total. The van der Waals surface area contributed by atoms with Gasteiger partial charge in [0.2, 0.25) is 0 Å². The summed E-state index contributed by atoms with van der Waals surface area (Å²) in [5, 5.41) is 0. The summed E-state index contributed by atoms with van der Waals surface area (Å²) in [4.78, 5) is 23.2. The van der Waals surface area contributed by atoms with E-state index in [1.54, 1.807) is 0 Å². The smallest absolute Gasteiger partial charge is 0.170 e. The Kier molecular flexibility index (Phi) is 6.15. The van der Waals surface area contributed by atoms with Gasteiger partial charge in [0.05, 0.1) is 17.5 Å². The van der Waals surface area contributed by atoms with E-state index in [-0.39, 0.29) is 28.9 Å². The van der Waals surface area contributed by atoms with E-state index in [2.05, 4.69) is 15.9 Å². The summed E-state index contributed by atoms with van der Waals surface area (Å²) in [5.74, 6) is -0.916. The number of hydrogen-bond acceptors (Lipinski definition) is 3. The molecule has 0 radical (unpaired) electrons. The van der Waals surface area contributed by atoms with Crippen LogP contribution < -0.4 is 0 Å². The third-order valence-corrected chi connectivity index (χ3v) is 2.94. The fourth-order valence-corrected chi connectivity index (χ4v) is 1.75. The molecule has 0 fully saturated rings. The molecule has 3 nitrogen and oxygen atoms in total. The highest BCUT2D eigenvalue weighted by atomic mass is 79.9. The Morgan fingerprint density at radius 3 is 2.72 bits per heavy atom. The fraction of sp³-hybridized carbons (Fsp3) is 0.385. The van der Waals surface area contributed by atoms with Crippen LogP contribution in [0.1, 0.15) is 30.1 Å². The maximum absolute atomic E-state index is 13.0. The molecule has 0 spiro atoms. The van der Waals surface area contributed by atoms with Gasteiger partial charge >= 0.3 is 0 Å². The van der Waals surface area contributed by atoms with Gasteiger partial charge in [0.15, 0.2) is 5.78 Å². The van der Waals surface area contributed by atoms with Gasteiger partial charge in [-0.25, -0.2) is 4.39 Å². The molecular weight excluding hydrogens is 303 g/mol. The number of carbonyl (C=O) groups is 2. The second kappa shape index (κ2) is 7.38. The van der Waals surface area contributed by atoms with Crippen LogP contribution in [0.25, 0.3) is 0 Å². The number of benzene rings is 1. The molecule has 0 saturated carbocycles. The van der Waals surface area contributed by atoms with E-state index in [0.29, 0.717) is 18.8 Å². The molecule has 0 atom stereocenters. The van der Waals surface area contributed by atoms with Crippen molar-refractivity contribution in [1.29, 1.82) is 0 Å². The van der Waals surface area contributed by atoms with Crippen LogP contribution in [0, 0.1) is 5.82 Å². The molecule has 0 bridgehead atoms. The zero-order chi connectivity index (χ0) is 13.5. The number of Topliss-reactive ketones (excluding diaryl/α,β-unsaturated/α-hetero) is 2. The van der Waals surface area contributed by atoms with Crippen LogP contribution in [0.3, 0.4) is 0 Å². The van der Waals surface area contributed by atoms with Crippen molar-refractivity contribution in [2.45, 2.75) is 19.8 Å². The molecular formula is C13H14BrFO3. The van der Waals surface area contributed by atoms with Crippen LogP contribution in [-0.2, 0) is 9.53 Å². The van der Waals surface area contributed by atoms with Crippen molar-refractivity contribution in [3.8, 4) is 0 Å². The molecule has 0 aliphatic rings. The normalized spacial score (nSPS) is 10.4. The van der Waals surface area contributed by atoms with Crippen LogP contribution in [0.15, 0.2) is 22.7 Å². The number of ketones is 2. The first kappa shape index (κ1) is 15.0. The first-order valence-corrected chi connectivity index (χ1v) is 6.41. The molecule has 0 heterocycles. The Labute approximate surface area is 113 Å². The summed E-state index contributed by atoms with van der Waals surface area (Å²) in [5.41, 5.74) is 0.327. The molecule has 0 aliphatic heterocycles. The first-order chi connectivity index (χ1) is 8.54. The molecule has 5 heteroatoms. The summed E-state index contributed by atoms with van der Waals surface area (Å²) in [6, 6.07) is 3.95. The van der Waals surface area contributed by atoms with Crippen LogP contribution in [0.5, 0.6) is 0 Å². The van der Waals surface area contributed by atoms with E-state index < -0.39 is 5.82 Å². The molecule has 98 valence electrons. The van der Waals surface area contributed by atoms with E-state index in [0.717, 1.165) is 0 Å². The molecule has 0 aromatic heterocycles. The van der Waals surface area contributed by atoms with Gasteiger partial charge in [-0.1, -0.05) is 0 Å². The van der Waals surface area contributed by atoms with Crippen molar-refractivity contribution in [3.05, 3.63) is 34.1 Å². The second-order valence-corrected chi connectivity index (χ2v) is 4.57. The third-order valence-electron chi connectivity index (χ3n) is 2.33. The molecule has 0 saturated heterocycles. The molecule has 1 rings (SSSR count). The number of rotatable bonds is 7. The van der Waals surface area contributed by atoms with Gasteiger partial charge in [-0.3, -0.25) is 9.59 Å². The van der Waals surface area contributed by atoms with Crippen molar-refractivity contribution >= 4 is 27.5 Å². The first-order valence-electron chi connectivity index (χ1n) is 5.62. The monoisotopic (exact) mass is 316 g/mol. The van der Waals surface area contributed by atoms with Crippen molar-refractivity contribution in [2.24, 2.45) is 0 Å². The number of ether oxygens (including phenoxy) is 1. The van der Waals surface area contributed by atoms with Gasteiger partial charge in [-0.05, 0) is 41.1 Å². The van der Waals surface area contributed by atoms with Crippen LogP contribution >= 0.6 is 15.9 Å². The lowest BCUT2D eigenvalue weighted by atomic mass is 10.0. The predicted molar refractivity (Wildman–Crippen MR) is 69.2 cm³/mol. The Morgan fingerprint density at radius 2 is 2.11 bits per heavy atom. The molecule has 1 aromatic carbocycles. The quantitative estimate of drug-likeness (QED) is 0.441. The average Bonchev–Trinajstić information content (AvgIpc) is 2.33. The number of hydrogen-bond donors (Lipinski definition) is 0. The Hall–Kier alpha value is -1.07. The van der Waals surface area contributed by atoms with E-state index in [1.807, 2.05) is 6.92 Å². The average molecular weight is 317 g/mol. The highest BCUT2D eigenvalue weighted by Crippen LogP contribution is 2.18. The summed E-state index contributed by atoms with van der Waals surface area (Å²) in [7, 11) is 0. The van der Waals surface area contributed by atoms with Gasteiger partial charge in [0, 0.05) is 18.6 Å². The number of halogens is 2. The maximum Gasteiger partial charge on any atom is 0.170 e. The highest BCUT2D eigenvalue weighted by Gasteiger charge is 2.13. The standard InChI is InChI=1S/C13H14BrFO3/c1-2-18-6-5-10(16)8-13(17)9-3-4-12(15)11(14)7-9/h3-4,7H,2,5-6,8H2,1H3. The summed E-state index contributed by atoms with van der Waals surface area (Å²) < 4.78 is 18.2. The van der Waals surface area contributed by atoms with Crippen molar-refractivity contribution < 1.29 is 18.7 Å². The second-order valence-electron chi connectivity index (χ2n) is 3.71. The third kappa shape index (κ3) is 4.66. The topological polar surface area (TPSA) is 43.4 Å². The molecule has 0 aliphatic carbocycles. The van der Waals surface area contributed by atoms with Gasteiger partial charge in [0.1, 0.15) is 11.6 Å². The lowest BCUT2D eigenvalue weighted by Crippen LogP contribution is -2.10. The van der Waals surface area contributed by atoms with Crippen molar-refractivity contribution in [3.63, 3.8) is 0 Å². The summed E-state index contributed by atoms with van der Waals surface area (Å²) >= 11 is 3.00. The summed E-state index contributed by atoms with van der Waals surface area (Å²) in [6.07, 6.45) is 0.0487. The largest absolute Gasteiger partial charge is 0.381 e. The van der Waals surface area contributed by atoms with E-state index in [1.165, 1.54) is 18.2 Å². The Bertz CT molecular complexity index is 446. The minimum Gasteiger partial charge on any atom is -0.381 e. The molecule has 0 amide bonds. The fourth-order valence-electron chi connectivity index (χ4n) is 1.37. The molecule has 1 aromatic rings.